The van der Waals surface area contributed by atoms with E-state index in [1.54, 1.807) is 6.07 Å². The van der Waals surface area contributed by atoms with Crippen molar-refractivity contribution >= 4 is 17.7 Å². The Morgan fingerprint density at radius 2 is 1.95 bits per heavy atom. The molecule has 1 aromatic rings. The Kier molecular flexibility index (Phi) is 4.90. The van der Waals surface area contributed by atoms with Crippen LogP contribution < -0.4 is 4.90 Å². The van der Waals surface area contributed by atoms with Crippen molar-refractivity contribution < 1.29 is 9.72 Å². The lowest BCUT2D eigenvalue weighted by Crippen LogP contribution is -2.47. The number of anilines is 1. The Balaban J connectivity index is 2.09. The van der Waals surface area contributed by atoms with E-state index in [9.17, 15) is 14.9 Å². The van der Waals surface area contributed by atoms with Crippen molar-refractivity contribution in [2.75, 3.05) is 37.6 Å². The molecular formula is C15H21N3O3. The van der Waals surface area contributed by atoms with Gasteiger partial charge in [-0.15, -0.1) is 0 Å². The minimum absolute atomic E-state index is 0.0423. The number of piperazine rings is 1. The minimum Gasteiger partial charge on any atom is -0.368 e. The first-order valence-electron chi connectivity index (χ1n) is 7.22. The van der Waals surface area contributed by atoms with E-state index in [4.69, 9.17) is 0 Å². The van der Waals surface area contributed by atoms with Crippen LogP contribution in [0.4, 0.5) is 11.4 Å². The van der Waals surface area contributed by atoms with Gasteiger partial charge in [0.25, 0.3) is 5.69 Å². The van der Waals surface area contributed by atoms with E-state index in [1.807, 2.05) is 0 Å². The summed E-state index contributed by atoms with van der Waals surface area (Å²) in [6, 6.07) is 4.49. The molecule has 0 spiro atoms. The maximum atomic E-state index is 11.2. The molecule has 0 N–H and O–H groups in total. The summed E-state index contributed by atoms with van der Waals surface area (Å²) in [5.74, 6) is 0.640. The first-order valence-corrected chi connectivity index (χ1v) is 7.22. The van der Waals surface area contributed by atoms with Crippen LogP contribution in [0.25, 0.3) is 0 Å². The Morgan fingerprint density at radius 1 is 1.29 bits per heavy atom. The lowest BCUT2D eigenvalue weighted by atomic mass is 10.1. The highest BCUT2D eigenvalue weighted by Gasteiger charge is 2.21. The molecule has 0 amide bonds. The van der Waals surface area contributed by atoms with E-state index in [0.29, 0.717) is 17.8 Å². The molecule has 21 heavy (non-hydrogen) atoms. The zero-order valence-electron chi connectivity index (χ0n) is 12.5. The minimum atomic E-state index is -0.475. The molecule has 0 radical (unpaired) electrons. The van der Waals surface area contributed by atoms with Gasteiger partial charge in [0.05, 0.1) is 4.92 Å². The lowest BCUT2D eigenvalue weighted by Gasteiger charge is -2.37. The monoisotopic (exact) mass is 291 g/mol. The van der Waals surface area contributed by atoms with E-state index >= 15 is 0 Å². The Bertz CT molecular complexity index is 523. The van der Waals surface area contributed by atoms with Crippen LogP contribution in [0.2, 0.25) is 0 Å². The van der Waals surface area contributed by atoms with Gasteiger partial charge in [0.15, 0.2) is 6.29 Å². The van der Waals surface area contributed by atoms with Gasteiger partial charge in [-0.3, -0.25) is 19.8 Å². The summed E-state index contributed by atoms with van der Waals surface area (Å²) in [5, 5.41) is 10.8. The molecule has 0 aromatic heterocycles. The molecular weight excluding hydrogens is 270 g/mol. The largest absolute Gasteiger partial charge is 0.368 e. The highest BCUT2D eigenvalue weighted by atomic mass is 16.6. The van der Waals surface area contributed by atoms with Crippen LogP contribution in [0.1, 0.15) is 24.2 Å². The molecule has 0 atom stereocenters. The number of hydrogen-bond acceptors (Lipinski definition) is 5. The number of nitrogens with zero attached hydrogens (tertiary/aromatic N) is 3. The fourth-order valence-electron chi connectivity index (χ4n) is 2.73. The van der Waals surface area contributed by atoms with Crippen LogP contribution in [0.3, 0.4) is 0 Å². The van der Waals surface area contributed by atoms with Crippen molar-refractivity contribution in [2.45, 2.75) is 13.8 Å². The van der Waals surface area contributed by atoms with Gasteiger partial charge >= 0.3 is 0 Å². The van der Waals surface area contributed by atoms with Crippen LogP contribution in [0.5, 0.6) is 0 Å². The molecule has 1 heterocycles. The second-order valence-electron chi connectivity index (χ2n) is 5.80. The van der Waals surface area contributed by atoms with E-state index in [2.05, 4.69) is 23.6 Å². The first-order chi connectivity index (χ1) is 10.0. The van der Waals surface area contributed by atoms with Gasteiger partial charge in [0.2, 0.25) is 0 Å². The lowest BCUT2D eigenvalue weighted by molar-refractivity contribution is -0.384. The molecule has 0 aliphatic carbocycles. The van der Waals surface area contributed by atoms with Gasteiger partial charge in [0.1, 0.15) is 0 Å². The second kappa shape index (κ2) is 6.67. The SMILES string of the molecule is CC(C)CN1CCN(c2ccc([N+](=O)[O-])cc2C=O)CC1. The molecule has 1 saturated heterocycles. The fraction of sp³-hybridized carbons (Fsp3) is 0.533. The number of aldehydes is 1. The van der Waals surface area contributed by atoms with Crippen LogP contribution in [0, 0.1) is 16.0 Å². The molecule has 114 valence electrons. The third-order valence-electron chi connectivity index (χ3n) is 3.69. The molecule has 0 bridgehead atoms. The van der Waals surface area contributed by atoms with Gasteiger partial charge < -0.3 is 4.90 Å². The quantitative estimate of drug-likeness (QED) is 0.472. The number of carbonyl (C=O) groups excluding carboxylic acids is 1. The average Bonchev–Trinajstić information content (AvgIpc) is 2.46. The fourth-order valence-corrected chi connectivity index (χ4v) is 2.73. The molecule has 1 fully saturated rings. The van der Waals surface area contributed by atoms with Crippen LogP contribution in [-0.2, 0) is 0 Å². The van der Waals surface area contributed by atoms with Crippen LogP contribution >= 0.6 is 0 Å². The van der Waals surface area contributed by atoms with E-state index in [0.717, 1.165) is 38.4 Å². The third-order valence-corrected chi connectivity index (χ3v) is 3.69. The van der Waals surface area contributed by atoms with Gasteiger partial charge in [-0.25, -0.2) is 0 Å². The molecule has 0 unspecified atom stereocenters. The van der Waals surface area contributed by atoms with Crippen molar-refractivity contribution in [2.24, 2.45) is 5.92 Å². The van der Waals surface area contributed by atoms with Crippen LogP contribution in [0.15, 0.2) is 18.2 Å². The summed E-state index contributed by atoms with van der Waals surface area (Å²) in [6.07, 6.45) is 0.697. The normalized spacial score (nSPS) is 16.2. The van der Waals surface area contributed by atoms with Gasteiger partial charge in [-0.05, 0) is 12.0 Å². The van der Waals surface area contributed by atoms with E-state index in [-0.39, 0.29) is 5.69 Å². The molecule has 6 nitrogen and oxygen atoms in total. The number of nitro groups is 1. The van der Waals surface area contributed by atoms with E-state index < -0.39 is 4.92 Å². The Morgan fingerprint density at radius 3 is 2.48 bits per heavy atom. The number of nitro benzene ring substituents is 1. The smallest absolute Gasteiger partial charge is 0.270 e. The van der Waals surface area contributed by atoms with Gasteiger partial charge in [-0.2, -0.15) is 0 Å². The molecule has 1 aliphatic heterocycles. The third kappa shape index (κ3) is 3.78. The topological polar surface area (TPSA) is 66.7 Å². The zero-order valence-corrected chi connectivity index (χ0v) is 12.5. The highest BCUT2D eigenvalue weighted by molar-refractivity contribution is 5.86. The number of benzene rings is 1. The predicted octanol–water partition coefficient (Wildman–Crippen LogP) is 2.19. The Labute approximate surface area is 124 Å². The van der Waals surface area contributed by atoms with E-state index in [1.165, 1.54) is 12.1 Å². The van der Waals surface area contributed by atoms with Crippen molar-refractivity contribution in [3.63, 3.8) is 0 Å². The van der Waals surface area contributed by atoms with Crippen molar-refractivity contribution in [1.29, 1.82) is 0 Å². The van der Waals surface area contributed by atoms with Crippen molar-refractivity contribution in [1.82, 2.24) is 4.90 Å². The van der Waals surface area contributed by atoms with Crippen LogP contribution in [-0.4, -0.2) is 48.8 Å². The maximum Gasteiger partial charge on any atom is 0.270 e. The summed E-state index contributed by atoms with van der Waals surface area (Å²) >= 11 is 0. The highest BCUT2D eigenvalue weighted by Crippen LogP contribution is 2.25. The Hall–Kier alpha value is -1.95. The molecule has 1 aliphatic rings. The number of hydrogen-bond donors (Lipinski definition) is 0. The number of carbonyl (C=O) groups is 1. The summed E-state index contributed by atoms with van der Waals surface area (Å²) in [4.78, 5) is 26.0. The molecule has 6 heteroatoms. The number of non-ortho nitro benzene ring substituents is 1. The van der Waals surface area contributed by atoms with Gasteiger partial charge in [0, 0.05) is 56.1 Å². The molecule has 1 aromatic carbocycles. The average molecular weight is 291 g/mol. The standard InChI is InChI=1S/C15H21N3O3/c1-12(2)10-16-5-7-17(8-6-16)15-4-3-14(18(20)21)9-13(15)11-19/h3-4,9,11-12H,5-8,10H2,1-2H3. The summed E-state index contributed by atoms with van der Waals surface area (Å²) < 4.78 is 0. The number of rotatable bonds is 5. The summed E-state index contributed by atoms with van der Waals surface area (Å²) in [5.41, 5.74) is 1.14. The maximum absolute atomic E-state index is 11.2. The summed E-state index contributed by atoms with van der Waals surface area (Å²) in [6.45, 7) is 9.06. The molecule has 0 saturated carbocycles. The molecule has 2 rings (SSSR count). The van der Waals surface area contributed by atoms with Crippen molar-refractivity contribution in [3.8, 4) is 0 Å². The van der Waals surface area contributed by atoms with Crippen molar-refractivity contribution in [3.05, 3.63) is 33.9 Å². The second-order valence-corrected chi connectivity index (χ2v) is 5.80. The zero-order chi connectivity index (χ0) is 15.4. The predicted molar refractivity (Wildman–Crippen MR) is 82.0 cm³/mol. The summed E-state index contributed by atoms with van der Waals surface area (Å²) in [7, 11) is 0. The van der Waals surface area contributed by atoms with Gasteiger partial charge in [-0.1, -0.05) is 13.8 Å². The first kappa shape index (κ1) is 15.4.